The monoisotopic (exact) mass is 229 g/mol. The summed E-state index contributed by atoms with van der Waals surface area (Å²) >= 11 is 1.37. The number of allylic oxidation sites excluding steroid dienone is 1. The van der Waals surface area contributed by atoms with Gasteiger partial charge in [-0.2, -0.15) is 0 Å². The molecule has 0 spiro atoms. The molecule has 4 heteroatoms. The molecule has 86 valence electrons. The van der Waals surface area contributed by atoms with E-state index in [2.05, 4.69) is 0 Å². The van der Waals surface area contributed by atoms with Crippen LogP contribution in [0.1, 0.15) is 34.1 Å². The lowest BCUT2D eigenvalue weighted by Gasteiger charge is -2.03. The van der Waals surface area contributed by atoms with Crippen LogP contribution in [0.5, 0.6) is 0 Å². The van der Waals surface area contributed by atoms with Crippen molar-refractivity contribution in [1.29, 1.82) is 0 Å². The number of ether oxygens (including phenoxy) is 1. The summed E-state index contributed by atoms with van der Waals surface area (Å²) in [6.45, 7) is 7.93. The molecule has 0 bridgehead atoms. The van der Waals surface area contributed by atoms with Crippen molar-refractivity contribution in [3.05, 3.63) is 21.6 Å². The van der Waals surface area contributed by atoms with Crippen LogP contribution in [0.15, 0.2) is 21.6 Å². The average Bonchev–Trinajstić information content (AvgIpc) is 2.24. The Hall–Kier alpha value is -0.900. The van der Waals surface area contributed by atoms with Crippen molar-refractivity contribution in [2.45, 2.75) is 34.1 Å². The molecule has 3 nitrogen and oxygen atoms in total. The van der Waals surface area contributed by atoms with Gasteiger partial charge in [0.1, 0.15) is 0 Å². The number of rotatable bonds is 5. The average molecular weight is 229 g/mol. The van der Waals surface area contributed by atoms with Gasteiger partial charge in [-0.05, 0) is 38.2 Å². The molecule has 0 aliphatic rings. The fourth-order valence-corrected chi connectivity index (χ4v) is 1.47. The molecule has 0 atom stereocenters. The summed E-state index contributed by atoms with van der Waals surface area (Å²) in [7, 11) is 0. The second kappa shape index (κ2) is 7.40. The number of thioether (sulfide) groups is 1. The summed E-state index contributed by atoms with van der Waals surface area (Å²) in [5, 5.41) is 2.48. The van der Waals surface area contributed by atoms with Crippen LogP contribution in [0.25, 0.3) is 0 Å². The van der Waals surface area contributed by atoms with Crippen molar-refractivity contribution in [3.8, 4) is 0 Å². The number of carbonyl (C=O) groups is 1. The van der Waals surface area contributed by atoms with Crippen molar-refractivity contribution < 1.29 is 9.53 Å². The fraction of sp³-hybridized carbons (Fsp3) is 0.545. The summed E-state index contributed by atoms with van der Waals surface area (Å²) in [5.74, 6) is -0.285. The van der Waals surface area contributed by atoms with Crippen molar-refractivity contribution >= 4 is 17.7 Å². The molecule has 0 aliphatic heterocycles. The van der Waals surface area contributed by atoms with Gasteiger partial charge in [0, 0.05) is 5.57 Å². The van der Waals surface area contributed by atoms with Gasteiger partial charge in [0.05, 0.1) is 11.6 Å². The maximum atomic E-state index is 11.2. The Morgan fingerprint density at radius 1 is 1.40 bits per heavy atom. The third kappa shape index (κ3) is 5.52. The van der Waals surface area contributed by atoms with Gasteiger partial charge in [-0.15, -0.1) is 0 Å². The number of hydrogen-bond acceptors (Lipinski definition) is 4. The van der Waals surface area contributed by atoms with Gasteiger partial charge < -0.3 is 10.5 Å². The Morgan fingerprint density at radius 3 is 2.47 bits per heavy atom. The van der Waals surface area contributed by atoms with E-state index in [0.717, 1.165) is 17.0 Å². The molecule has 0 unspecified atom stereocenters. The number of nitrogens with two attached hydrogens (primary N) is 1. The van der Waals surface area contributed by atoms with E-state index < -0.39 is 0 Å². The highest BCUT2D eigenvalue weighted by atomic mass is 32.2. The van der Waals surface area contributed by atoms with Crippen LogP contribution in [0, 0.1) is 0 Å². The van der Waals surface area contributed by atoms with E-state index in [0.29, 0.717) is 12.2 Å². The molecule has 0 saturated carbocycles. The van der Waals surface area contributed by atoms with E-state index in [-0.39, 0.29) is 5.97 Å². The SMILES string of the molecule is CCOC(=O)/C(C)=C/S/C(N)=C(/C)CC. The first-order valence-electron chi connectivity index (χ1n) is 4.98. The largest absolute Gasteiger partial charge is 0.463 e. The predicted octanol–water partition coefficient (Wildman–Crippen LogP) is 2.79. The molecular weight excluding hydrogens is 210 g/mol. The van der Waals surface area contributed by atoms with Crippen LogP contribution in [0.3, 0.4) is 0 Å². The van der Waals surface area contributed by atoms with E-state index in [1.165, 1.54) is 11.8 Å². The van der Waals surface area contributed by atoms with Crippen LogP contribution in [-0.4, -0.2) is 12.6 Å². The zero-order valence-electron chi connectivity index (χ0n) is 9.79. The smallest absolute Gasteiger partial charge is 0.334 e. The Bertz CT molecular complexity index is 282. The van der Waals surface area contributed by atoms with Crippen LogP contribution in [0.4, 0.5) is 0 Å². The minimum Gasteiger partial charge on any atom is -0.463 e. The molecule has 0 aliphatic carbocycles. The van der Waals surface area contributed by atoms with E-state index in [1.54, 1.807) is 19.3 Å². The summed E-state index contributed by atoms with van der Waals surface area (Å²) in [5.41, 5.74) is 7.51. The van der Waals surface area contributed by atoms with Gasteiger partial charge >= 0.3 is 5.97 Å². The molecule has 0 amide bonds. The van der Waals surface area contributed by atoms with Gasteiger partial charge in [-0.1, -0.05) is 18.7 Å². The summed E-state index contributed by atoms with van der Waals surface area (Å²) < 4.78 is 4.85. The third-order valence-corrected chi connectivity index (χ3v) is 2.98. The summed E-state index contributed by atoms with van der Waals surface area (Å²) in [6.07, 6.45) is 0.922. The minimum atomic E-state index is -0.285. The third-order valence-electron chi connectivity index (χ3n) is 1.91. The zero-order chi connectivity index (χ0) is 11.8. The first kappa shape index (κ1) is 14.1. The summed E-state index contributed by atoms with van der Waals surface area (Å²) in [4.78, 5) is 11.2. The molecule has 0 aromatic carbocycles. The molecule has 0 saturated heterocycles. The van der Waals surface area contributed by atoms with Crippen LogP contribution >= 0.6 is 11.8 Å². The molecular formula is C11H19NO2S. The van der Waals surface area contributed by atoms with Gasteiger partial charge in [0.2, 0.25) is 0 Å². The topological polar surface area (TPSA) is 52.3 Å². The predicted molar refractivity (Wildman–Crippen MR) is 65.2 cm³/mol. The molecule has 0 radical (unpaired) electrons. The maximum Gasteiger partial charge on any atom is 0.334 e. The van der Waals surface area contributed by atoms with E-state index >= 15 is 0 Å². The molecule has 0 heterocycles. The lowest BCUT2D eigenvalue weighted by atomic mass is 10.3. The Kier molecular flexibility index (Phi) is 6.96. The molecule has 15 heavy (non-hydrogen) atoms. The van der Waals surface area contributed by atoms with E-state index in [4.69, 9.17) is 10.5 Å². The highest BCUT2D eigenvalue weighted by Crippen LogP contribution is 2.19. The lowest BCUT2D eigenvalue weighted by Crippen LogP contribution is -2.05. The fourth-order valence-electron chi connectivity index (χ4n) is 0.720. The molecule has 0 rings (SSSR count). The number of esters is 1. The van der Waals surface area contributed by atoms with E-state index in [9.17, 15) is 4.79 Å². The molecule has 0 aromatic rings. The lowest BCUT2D eigenvalue weighted by molar-refractivity contribution is -0.138. The van der Waals surface area contributed by atoms with Gasteiger partial charge in [0.15, 0.2) is 0 Å². The second-order valence-corrected chi connectivity index (χ2v) is 4.05. The highest BCUT2D eigenvalue weighted by molar-refractivity contribution is 8.05. The maximum absolute atomic E-state index is 11.2. The van der Waals surface area contributed by atoms with Gasteiger partial charge in [-0.3, -0.25) is 0 Å². The van der Waals surface area contributed by atoms with Crippen molar-refractivity contribution in [2.75, 3.05) is 6.61 Å². The quantitative estimate of drug-likeness (QED) is 0.582. The molecule has 2 N–H and O–H groups in total. The van der Waals surface area contributed by atoms with Crippen molar-refractivity contribution in [3.63, 3.8) is 0 Å². The molecule has 0 aromatic heterocycles. The van der Waals surface area contributed by atoms with Crippen LogP contribution < -0.4 is 5.73 Å². The van der Waals surface area contributed by atoms with E-state index in [1.807, 2.05) is 13.8 Å². The number of carbonyl (C=O) groups excluding carboxylic acids is 1. The van der Waals surface area contributed by atoms with Gasteiger partial charge in [0.25, 0.3) is 0 Å². The van der Waals surface area contributed by atoms with Crippen LogP contribution in [0.2, 0.25) is 0 Å². The minimum absolute atomic E-state index is 0.285. The normalized spacial score (nSPS) is 13.5. The first-order chi connectivity index (χ1) is 7.02. The second-order valence-electron chi connectivity index (χ2n) is 3.14. The number of hydrogen-bond donors (Lipinski definition) is 1. The Labute approximate surface area is 95.7 Å². The van der Waals surface area contributed by atoms with Crippen molar-refractivity contribution in [2.24, 2.45) is 5.73 Å². The standard InChI is InChI=1S/C11H19NO2S/c1-5-8(3)10(12)15-7-9(4)11(13)14-6-2/h7H,5-6,12H2,1-4H3/b9-7+,10-8-. The van der Waals surface area contributed by atoms with Crippen molar-refractivity contribution in [1.82, 2.24) is 0 Å². The summed E-state index contributed by atoms with van der Waals surface area (Å²) in [6, 6.07) is 0. The van der Waals surface area contributed by atoms with Crippen LogP contribution in [-0.2, 0) is 9.53 Å². The highest BCUT2D eigenvalue weighted by Gasteiger charge is 2.04. The first-order valence-corrected chi connectivity index (χ1v) is 5.86. The zero-order valence-corrected chi connectivity index (χ0v) is 10.6. The van der Waals surface area contributed by atoms with Gasteiger partial charge in [-0.25, -0.2) is 4.79 Å². The molecule has 0 fully saturated rings. The Morgan fingerprint density at radius 2 is 2.00 bits per heavy atom. The Balaban J connectivity index is 4.34.